The minimum absolute atomic E-state index is 0.153. The first-order valence-electron chi connectivity index (χ1n) is 18.8. The Hall–Kier alpha value is -3.72. The number of aliphatic carboxylic acids is 1. The number of esters is 1. The third kappa shape index (κ3) is 31.5. The van der Waals surface area contributed by atoms with Gasteiger partial charge in [0.05, 0.1) is 13.2 Å². The first-order valence-corrected chi connectivity index (χ1v) is 18.8. The van der Waals surface area contributed by atoms with E-state index in [9.17, 15) is 19.2 Å². The van der Waals surface area contributed by atoms with Crippen molar-refractivity contribution in [1.29, 1.82) is 0 Å². The van der Waals surface area contributed by atoms with E-state index in [4.69, 9.17) is 14.9 Å². The van der Waals surface area contributed by atoms with Gasteiger partial charge in [0, 0.05) is 12.8 Å². The van der Waals surface area contributed by atoms with Crippen molar-refractivity contribution in [2.75, 3.05) is 13.2 Å². The van der Waals surface area contributed by atoms with Gasteiger partial charge in [-0.05, 0) is 83.1 Å². The predicted octanol–water partition coefficient (Wildman–Crippen LogP) is 8.37. The van der Waals surface area contributed by atoms with E-state index in [0.29, 0.717) is 12.8 Å². The Morgan fingerprint density at radius 3 is 1.80 bits per heavy atom. The number of ether oxygens (including phenoxy) is 1. The molecule has 2 amide bonds. The minimum Gasteiger partial charge on any atom is -0.480 e. The maximum Gasteiger partial charge on any atom is 0.328 e. The molecule has 0 aromatic heterocycles. The van der Waals surface area contributed by atoms with Crippen LogP contribution in [0.3, 0.4) is 0 Å². The van der Waals surface area contributed by atoms with E-state index in [1.165, 1.54) is 0 Å². The lowest BCUT2D eigenvalue weighted by Crippen LogP contribution is -2.47. The van der Waals surface area contributed by atoms with Crippen molar-refractivity contribution in [3.8, 4) is 0 Å². The Kier molecular flexibility index (Phi) is 32.5. The molecule has 0 spiro atoms. The number of amides is 2. The molecule has 0 saturated carbocycles. The molecule has 4 N–H and O–H groups in total. The number of carboxylic acid groups (broad SMARTS) is 1. The summed E-state index contributed by atoms with van der Waals surface area (Å²) >= 11 is 0. The molecule has 0 saturated heterocycles. The number of aliphatic hydroxyl groups is 1. The quantitative estimate of drug-likeness (QED) is 0.0314. The van der Waals surface area contributed by atoms with Crippen LogP contribution in [0.2, 0.25) is 0 Å². The molecule has 0 fully saturated rings. The lowest BCUT2D eigenvalue weighted by Gasteiger charge is -2.15. The van der Waals surface area contributed by atoms with Crippen molar-refractivity contribution in [2.24, 2.45) is 0 Å². The van der Waals surface area contributed by atoms with Crippen LogP contribution in [-0.4, -0.2) is 59.3 Å². The molecule has 0 radical (unpaired) electrons. The first-order chi connectivity index (χ1) is 24.3. The van der Waals surface area contributed by atoms with Gasteiger partial charge in [0.1, 0.15) is 12.1 Å². The summed E-state index contributed by atoms with van der Waals surface area (Å²) in [4.78, 5) is 47.2. The molecule has 282 valence electrons. The minimum atomic E-state index is -1.39. The molecule has 0 bridgehead atoms. The second-order valence-corrected chi connectivity index (χ2v) is 12.3. The van der Waals surface area contributed by atoms with Crippen LogP contribution >= 0.6 is 0 Å². The average Bonchev–Trinajstić information content (AvgIpc) is 3.10. The van der Waals surface area contributed by atoms with Crippen molar-refractivity contribution in [3.63, 3.8) is 0 Å². The molecule has 0 aliphatic carbocycles. The molecule has 0 aromatic rings. The van der Waals surface area contributed by atoms with Gasteiger partial charge in [-0.3, -0.25) is 14.4 Å². The van der Waals surface area contributed by atoms with Crippen molar-refractivity contribution >= 4 is 23.8 Å². The van der Waals surface area contributed by atoms with E-state index >= 15 is 0 Å². The van der Waals surface area contributed by atoms with Gasteiger partial charge in [0.2, 0.25) is 11.8 Å². The molecular formula is C41H66N2O7. The number of unbranched alkanes of at least 4 members (excludes halogenated alkanes) is 8. The lowest BCUT2D eigenvalue weighted by atomic mass is 10.1. The van der Waals surface area contributed by atoms with Gasteiger partial charge in [-0.2, -0.15) is 0 Å². The van der Waals surface area contributed by atoms with E-state index < -0.39 is 24.5 Å². The first kappa shape index (κ1) is 46.3. The van der Waals surface area contributed by atoms with Crippen LogP contribution in [0.15, 0.2) is 72.9 Å². The van der Waals surface area contributed by atoms with Crippen molar-refractivity contribution in [3.05, 3.63) is 72.9 Å². The highest BCUT2D eigenvalue weighted by Gasteiger charge is 2.18. The Bertz CT molecular complexity index is 1070. The zero-order chi connectivity index (χ0) is 36.9. The molecule has 9 heteroatoms. The highest BCUT2D eigenvalue weighted by Crippen LogP contribution is 2.14. The average molecular weight is 699 g/mol. The number of hydrogen-bond acceptors (Lipinski definition) is 6. The molecule has 50 heavy (non-hydrogen) atoms. The van der Waals surface area contributed by atoms with Gasteiger partial charge in [0.15, 0.2) is 0 Å². The molecule has 0 aliphatic rings. The maximum atomic E-state index is 12.6. The molecule has 2 atom stereocenters. The third-order valence-corrected chi connectivity index (χ3v) is 7.67. The van der Waals surface area contributed by atoms with Crippen LogP contribution in [0.4, 0.5) is 0 Å². The summed E-state index contributed by atoms with van der Waals surface area (Å²) < 4.78 is 5.80. The van der Waals surface area contributed by atoms with Gasteiger partial charge in [-0.1, -0.05) is 113 Å². The van der Waals surface area contributed by atoms with Crippen LogP contribution in [0, 0.1) is 0 Å². The monoisotopic (exact) mass is 698 g/mol. The van der Waals surface area contributed by atoms with Crippen LogP contribution in [0.1, 0.15) is 136 Å². The topological polar surface area (TPSA) is 142 Å². The fourth-order valence-electron chi connectivity index (χ4n) is 4.75. The predicted molar refractivity (Wildman–Crippen MR) is 203 cm³/mol. The van der Waals surface area contributed by atoms with Crippen LogP contribution < -0.4 is 10.6 Å². The van der Waals surface area contributed by atoms with Crippen LogP contribution in [-0.2, 0) is 23.9 Å². The van der Waals surface area contributed by atoms with Gasteiger partial charge in [-0.15, -0.1) is 0 Å². The Morgan fingerprint density at radius 1 is 0.640 bits per heavy atom. The van der Waals surface area contributed by atoms with E-state index in [2.05, 4.69) is 91.3 Å². The summed E-state index contributed by atoms with van der Waals surface area (Å²) in [6, 6.07) is -1.39. The van der Waals surface area contributed by atoms with Gasteiger partial charge >= 0.3 is 11.9 Å². The molecule has 2 unspecified atom stereocenters. The third-order valence-electron chi connectivity index (χ3n) is 7.67. The number of carbonyl (C=O) groups excluding carboxylic acids is 3. The summed E-state index contributed by atoms with van der Waals surface area (Å²) in [5, 5.41) is 22.4. The summed E-state index contributed by atoms with van der Waals surface area (Å²) in [6.07, 6.45) is 42.6. The molecular weight excluding hydrogens is 632 g/mol. The smallest absolute Gasteiger partial charge is 0.328 e. The second kappa shape index (κ2) is 35.1. The van der Waals surface area contributed by atoms with Crippen molar-refractivity contribution < 1.29 is 34.1 Å². The number of carbonyl (C=O) groups is 4. The fourth-order valence-corrected chi connectivity index (χ4v) is 4.75. The van der Waals surface area contributed by atoms with E-state index in [0.717, 1.165) is 103 Å². The Morgan fingerprint density at radius 2 is 1.20 bits per heavy atom. The molecule has 0 aromatic carbocycles. The van der Waals surface area contributed by atoms with Crippen molar-refractivity contribution in [1.82, 2.24) is 10.6 Å². The second-order valence-electron chi connectivity index (χ2n) is 12.3. The lowest BCUT2D eigenvalue weighted by molar-refractivity contribution is -0.147. The van der Waals surface area contributed by atoms with Gasteiger partial charge in [0.25, 0.3) is 0 Å². The van der Waals surface area contributed by atoms with E-state index in [-0.39, 0.29) is 30.9 Å². The largest absolute Gasteiger partial charge is 0.480 e. The highest BCUT2D eigenvalue weighted by molar-refractivity contribution is 5.87. The summed E-state index contributed by atoms with van der Waals surface area (Å²) in [6.45, 7) is 3.22. The number of aliphatic hydroxyl groups excluding tert-OH is 1. The van der Waals surface area contributed by atoms with Gasteiger partial charge in [-0.25, -0.2) is 4.79 Å². The van der Waals surface area contributed by atoms with Gasteiger partial charge < -0.3 is 25.6 Å². The molecule has 0 heterocycles. The molecule has 0 aliphatic heterocycles. The normalized spacial score (nSPS) is 13.3. The summed E-state index contributed by atoms with van der Waals surface area (Å²) in [7, 11) is 0. The molecule has 0 rings (SSSR count). The zero-order valence-corrected chi connectivity index (χ0v) is 30.9. The number of nitrogens with one attached hydrogen (secondary N) is 2. The number of carboxylic acids is 1. The fraction of sp³-hybridized carbons (Fsp3) is 0.610. The van der Waals surface area contributed by atoms with Crippen molar-refractivity contribution in [2.45, 2.75) is 148 Å². The summed E-state index contributed by atoms with van der Waals surface area (Å²) in [5.74, 6) is -2.46. The van der Waals surface area contributed by atoms with E-state index in [1.54, 1.807) is 0 Å². The summed E-state index contributed by atoms with van der Waals surface area (Å²) in [5.41, 5.74) is 0. The highest BCUT2D eigenvalue weighted by atomic mass is 16.5. The van der Waals surface area contributed by atoms with Crippen LogP contribution in [0.25, 0.3) is 0 Å². The molecule has 9 nitrogen and oxygen atoms in total. The standard InChI is InChI=1S/C41H66N2O7/c1-3-5-7-9-10-11-12-13-14-15-16-17-18-19-20-21-22-23-29-33-40(47)50-36(30-26-8-6-4-2)31-27-24-25-28-32-38(45)42-34-39(46)43-37(35-44)41(48)49/h5,7,10-11,13-14,16-17,19-20,26,30,36-37,44H,3-4,6,8-9,12,15,18,21-25,27-29,31-35H2,1-2H3,(H,42,45)(H,43,46)(H,48,49)/b7-5-,11-10-,14-13-,17-16-,20-19-,30-26-. The van der Waals surface area contributed by atoms with E-state index in [1.807, 2.05) is 6.08 Å². The number of rotatable bonds is 32. The number of allylic oxidation sites excluding steroid dienone is 11. The Labute approximate surface area is 302 Å². The maximum absolute atomic E-state index is 12.6. The van der Waals surface area contributed by atoms with Crippen LogP contribution in [0.5, 0.6) is 0 Å². The Balaban J connectivity index is 4.14. The zero-order valence-electron chi connectivity index (χ0n) is 30.9. The number of hydrogen-bond donors (Lipinski definition) is 4. The SMILES string of the molecule is CC/C=C\C/C=C\C/C=C\C/C=C\C/C=C\CCCCCC(=O)OC(/C=C\CCCC)CCCCCCC(=O)NCC(=O)NC(CO)C(=O)O.